The maximum Gasteiger partial charge on any atom is 0.197 e. The Morgan fingerprint density at radius 3 is 2.21 bits per heavy atom. The van der Waals surface area contributed by atoms with Crippen molar-refractivity contribution in [3.05, 3.63) is 71.5 Å². The topological polar surface area (TPSA) is 57.9 Å². The van der Waals surface area contributed by atoms with Crippen molar-refractivity contribution in [3.63, 3.8) is 0 Å². The maximum atomic E-state index is 13.5. The van der Waals surface area contributed by atoms with E-state index in [4.69, 9.17) is 18.6 Å². The van der Waals surface area contributed by atoms with Crippen molar-refractivity contribution in [1.82, 2.24) is 0 Å². The monoisotopic (exact) mass is 378 g/mol. The highest BCUT2D eigenvalue weighted by Gasteiger charge is 2.21. The quantitative estimate of drug-likeness (QED) is 0.527. The summed E-state index contributed by atoms with van der Waals surface area (Å²) >= 11 is 0. The van der Waals surface area contributed by atoms with Gasteiger partial charge in [-0.05, 0) is 55.0 Å². The van der Waals surface area contributed by atoms with E-state index in [0.717, 1.165) is 11.1 Å². The van der Waals surface area contributed by atoms with Gasteiger partial charge in [0.15, 0.2) is 17.3 Å². The molecule has 0 unspecified atom stereocenters. The SMILES string of the molecule is C/C=C/c1cc(OC)c(OC)cc1C(=O)c1cc(-c2ccco2)ccc1OC. The fourth-order valence-corrected chi connectivity index (χ4v) is 3.04. The lowest BCUT2D eigenvalue weighted by atomic mass is 9.95. The fraction of sp³-hybridized carbons (Fsp3) is 0.174. The highest BCUT2D eigenvalue weighted by Crippen LogP contribution is 2.35. The lowest BCUT2D eigenvalue weighted by Gasteiger charge is -2.14. The third kappa shape index (κ3) is 3.64. The minimum atomic E-state index is -0.181. The number of benzene rings is 2. The zero-order chi connectivity index (χ0) is 20.1. The van der Waals surface area contributed by atoms with Gasteiger partial charge in [-0.15, -0.1) is 0 Å². The van der Waals surface area contributed by atoms with Crippen molar-refractivity contribution >= 4 is 11.9 Å². The first-order chi connectivity index (χ1) is 13.6. The van der Waals surface area contributed by atoms with Crippen LogP contribution in [0, 0.1) is 0 Å². The molecule has 28 heavy (non-hydrogen) atoms. The molecule has 0 N–H and O–H groups in total. The molecule has 0 spiro atoms. The van der Waals surface area contributed by atoms with Crippen molar-refractivity contribution < 1.29 is 23.4 Å². The molecular formula is C23H22O5. The smallest absolute Gasteiger partial charge is 0.197 e. The Labute approximate surface area is 164 Å². The summed E-state index contributed by atoms with van der Waals surface area (Å²) in [6.45, 7) is 1.89. The number of carbonyl (C=O) groups is 1. The first-order valence-electron chi connectivity index (χ1n) is 8.78. The fourth-order valence-electron chi connectivity index (χ4n) is 3.04. The summed E-state index contributed by atoms with van der Waals surface area (Å²) in [5.74, 6) is 2.03. The summed E-state index contributed by atoms with van der Waals surface area (Å²) in [4.78, 5) is 13.5. The molecule has 3 rings (SSSR count). The average molecular weight is 378 g/mol. The Balaban J connectivity index is 2.17. The number of allylic oxidation sites excluding steroid dienone is 1. The molecule has 0 saturated carbocycles. The number of hydrogen-bond acceptors (Lipinski definition) is 5. The molecule has 144 valence electrons. The zero-order valence-electron chi connectivity index (χ0n) is 16.3. The van der Waals surface area contributed by atoms with Crippen molar-refractivity contribution in [1.29, 1.82) is 0 Å². The van der Waals surface area contributed by atoms with E-state index in [-0.39, 0.29) is 5.78 Å². The minimum absolute atomic E-state index is 0.181. The molecule has 0 aliphatic carbocycles. The maximum absolute atomic E-state index is 13.5. The molecular weight excluding hydrogens is 356 g/mol. The summed E-state index contributed by atoms with van der Waals surface area (Å²) in [5.41, 5.74) is 2.46. The molecule has 0 bridgehead atoms. The lowest BCUT2D eigenvalue weighted by molar-refractivity contribution is 0.103. The van der Waals surface area contributed by atoms with E-state index >= 15 is 0 Å². The van der Waals surface area contributed by atoms with Gasteiger partial charge in [0.2, 0.25) is 0 Å². The van der Waals surface area contributed by atoms with Gasteiger partial charge in [0.25, 0.3) is 0 Å². The van der Waals surface area contributed by atoms with Crippen LogP contribution < -0.4 is 14.2 Å². The van der Waals surface area contributed by atoms with Crippen LogP contribution in [-0.2, 0) is 0 Å². The van der Waals surface area contributed by atoms with E-state index in [0.29, 0.717) is 34.1 Å². The molecule has 3 aromatic rings. The summed E-state index contributed by atoms with van der Waals surface area (Å²) in [6.07, 6.45) is 5.33. The van der Waals surface area contributed by atoms with Gasteiger partial charge < -0.3 is 18.6 Å². The van der Waals surface area contributed by atoms with E-state index in [1.54, 1.807) is 57.9 Å². The average Bonchev–Trinajstić information content (AvgIpc) is 3.27. The normalized spacial score (nSPS) is 10.9. The Hall–Kier alpha value is -3.47. The Kier molecular flexibility index (Phi) is 5.84. The minimum Gasteiger partial charge on any atom is -0.496 e. The number of ketones is 1. The van der Waals surface area contributed by atoms with Gasteiger partial charge in [-0.2, -0.15) is 0 Å². The van der Waals surface area contributed by atoms with Gasteiger partial charge in [0, 0.05) is 11.1 Å². The van der Waals surface area contributed by atoms with Gasteiger partial charge in [0.05, 0.1) is 33.2 Å². The number of hydrogen-bond donors (Lipinski definition) is 0. The largest absolute Gasteiger partial charge is 0.496 e. The van der Waals surface area contributed by atoms with Crippen LogP contribution in [0.1, 0.15) is 28.4 Å². The van der Waals surface area contributed by atoms with Crippen LogP contribution in [0.3, 0.4) is 0 Å². The van der Waals surface area contributed by atoms with Crippen LogP contribution >= 0.6 is 0 Å². The summed E-state index contributed by atoms with van der Waals surface area (Å²) < 4.78 is 21.7. The number of rotatable bonds is 7. The summed E-state index contributed by atoms with van der Waals surface area (Å²) in [6, 6.07) is 12.5. The van der Waals surface area contributed by atoms with E-state index in [9.17, 15) is 4.79 Å². The molecule has 0 atom stereocenters. The van der Waals surface area contributed by atoms with Gasteiger partial charge in [0.1, 0.15) is 11.5 Å². The lowest BCUT2D eigenvalue weighted by Crippen LogP contribution is -2.07. The van der Waals surface area contributed by atoms with Gasteiger partial charge in [-0.3, -0.25) is 4.79 Å². The summed E-state index contributed by atoms with van der Waals surface area (Å²) in [7, 11) is 4.65. The number of carbonyl (C=O) groups excluding carboxylic acids is 1. The molecule has 0 fully saturated rings. The number of ether oxygens (including phenoxy) is 3. The second-order valence-corrected chi connectivity index (χ2v) is 6.02. The van der Waals surface area contributed by atoms with Gasteiger partial charge in [-0.1, -0.05) is 12.2 Å². The van der Waals surface area contributed by atoms with Crippen LogP contribution in [0.5, 0.6) is 17.2 Å². The Morgan fingerprint density at radius 1 is 0.893 bits per heavy atom. The van der Waals surface area contributed by atoms with Crippen LogP contribution in [0.25, 0.3) is 17.4 Å². The number of methoxy groups -OCH3 is 3. The standard InChI is InChI=1S/C23H22O5/c1-5-7-15-13-21(26-3)22(27-4)14-17(15)23(24)18-12-16(9-10-20(18)25-2)19-8-6-11-28-19/h5-14H,1-4H3/b7-5+. The van der Waals surface area contributed by atoms with Crippen LogP contribution in [0.4, 0.5) is 0 Å². The predicted octanol–water partition coefficient (Wildman–Crippen LogP) is 5.24. The third-order valence-corrected chi connectivity index (χ3v) is 4.40. The van der Waals surface area contributed by atoms with Gasteiger partial charge in [-0.25, -0.2) is 0 Å². The van der Waals surface area contributed by atoms with Crippen LogP contribution in [0.15, 0.2) is 59.2 Å². The van der Waals surface area contributed by atoms with Gasteiger partial charge >= 0.3 is 0 Å². The van der Waals surface area contributed by atoms with Crippen molar-refractivity contribution in [2.24, 2.45) is 0 Å². The second-order valence-electron chi connectivity index (χ2n) is 6.02. The molecule has 0 aliphatic heterocycles. The molecule has 1 heterocycles. The molecule has 1 aromatic heterocycles. The van der Waals surface area contributed by atoms with Crippen LogP contribution in [-0.4, -0.2) is 27.1 Å². The third-order valence-electron chi connectivity index (χ3n) is 4.40. The predicted molar refractivity (Wildman–Crippen MR) is 108 cm³/mol. The summed E-state index contributed by atoms with van der Waals surface area (Å²) in [5, 5.41) is 0. The first kappa shape index (κ1) is 19.3. The highest BCUT2D eigenvalue weighted by molar-refractivity contribution is 6.13. The van der Waals surface area contributed by atoms with E-state index in [1.807, 2.05) is 31.2 Å². The highest BCUT2D eigenvalue weighted by atomic mass is 16.5. The molecule has 5 nitrogen and oxygen atoms in total. The van der Waals surface area contributed by atoms with E-state index in [1.165, 1.54) is 0 Å². The molecule has 0 amide bonds. The molecule has 0 saturated heterocycles. The van der Waals surface area contributed by atoms with E-state index in [2.05, 4.69) is 0 Å². The molecule has 5 heteroatoms. The van der Waals surface area contributed by atoms with E-state index < -0.39 is 0 Å². The van der Waals surface area contributed by atoms with Crippen molar-refractivity contribution in [3.8, 4) is 28.6 Å². The molecule has 0 aliphatic rings. The zero-order valence-corrected chi connectivity index (χ0v) is 16.3. The van der Waals surface area contributed by atoms with Crippen LogP contribution in [0.2, 0.25) is 0 Å². The molecule has 0 radical (unpaired) electrons. The second kappa shape index (κ2) is 8.48. The Morgan fingerprint density at radius 2 is 1.61 bits per heavy atom. The molecule has 2 aromatic carbocycles. The van der Waals surface area contributed by atoms with Crippen molar-refractivity contribution in [2.75, 3.05) is 21.3 Å². The number of furan rings is 1. The Bertz CT molecular complexity index is 1000. The van der Waals surface area contributed by atoms with Crippen molar-refractivity contribution in [2.45, 2.75) is 6.92 Å². The first-order valence-corrected chi connectivity index (χ1v) is 8.78.